The van der Waals surface area contributed by atoms with Crippen molar-refractivity contribution in [3.63, 3.8) is 0 Å². The molecule has 5 nitrogen and oxygen atoms in total. The molecule has 0 aliphatic carbocycles. The zero-order valence-corrected chi connectivity index (χ0v) is 8.44. The molecule has 6 heteroatoms. The minimum absolute atomic E-state index is 0.0212. The first-order valence-electron chi connectivity index (χ1n) is 4.26. The molecule has 76 valence electrons. The predicted octanol–water partition coefficient (Wildman–Crippen LogP) is 0.232. The number of fused-ring (bicyclic) bond motifs is 1. The number of carbonyl (C=O) groups is 1. The Bertz CT molecular complexity index is 339. The van der Waals surface area contributed by atoms with Crippen LogP contribution in [0, 0.1) is 11.3 Å². The second kappa shape index (κ2) is 3.29. The highest BCUT2D eigenvalue weighted by Gasteiger charge is 2.40. The number of aliphatic hydroxyl groups excluding tert-OH is 1. The SMILES string of the molecule is CC1=C(CO)SC2NC(=O)NC(=N)C12. The summed E-state index contributed by atoms with van der Waals surface area (Å²) in [5.41, 5.74) is 0.972. The first-order chi connectivity index (χ1) is 6.63. The van der Waals surface area contributed by atoms with Crippen LogP contribution in [0.1, 0.15) is 6.92 Å². The highest BCUT2D eigenvalue weighted by Crippen LogP contribution is 2.41. The largest absolute Gasteiger partial charge is 0.391 e. The van der Waals surface area contributed by atoms with Gasteiger partial charge in [-0.25, -0.2) is 4.79 Å². The van der Waals surface area contributed by atoms with Crippen molar-refractivity contribution in [2.45, 2.75) is 12.3 Å². The average molecular weight is 213 g/mol. The minimum atomic E-state index is -0.337. The Labute approximate surface area is 85.5 Å². The van der Waals surface area contributed by atoms with E-state index >= 15 is 0 Å². The van der Waals surface area contributed by atoms with Crippen molar-refractivity contribution < 1.29 is 9.90 Å². The lowest BCUT2D eigenvalue weighted by Crippen LogP contribution is -2.55. The van der Waals surface area contributed by atoms with Gasteiger partial charge in [0.1, 0.15) is 5.84 Å². The molecule has 0 radical (unpaired) electrons. The zero-order chi connectivity index (χ0) is 10.3. The average Bonchev–Trinajstić information content (AvgIpc) is 2.42. The van der Waals surface area contributed by atoms with E-state index in [-0.39, 0.29) is 29.8 Å². The number of amides is 2. The molecule has 1 fully saturated rings. The second-order valence-electron chi connectivity index (χ2n) is 3.29. The highest BCUT2D eigenvalue weighted by atomic mass is 32.2. The smallest absolute Gasteiger partial charge is 0.321 e. The molecule has 0 aromatic heterocycles. The molecule has 2 heterocycles. The summed E-state index contributed by atoms with van der Waals surface area (Å²) in [7, 11) is 0. The van der Waals surface area contributed by atoms with Crippen LogP contribution in [0.4, 0.5) is 4.79 Å². The normalized spacial score (nSPS) is 31.3. The maximum absolute atomic E-state index is 11.1. The van der Waals surface area contributed by atoms with Crippen molar-refractivity contribution in [3.05, 3.63) is 10.5 Å². The molecule has 4 N–H and O–H groups in total. The van der Waals surface area contributed by atoms with Gasteiger partial charge < -0.3 is 10.4 Å². The van der Waals surface area contributed by atoms with Crippen molar-refractivity contribution in [2.24, 2.45) is 5.92 Å². The summed E-state index contributed by atoms with van der Waals surface area (Å²) in [6.45, 7) is 1.86. The van der Waals surface area contributed by atoms with Crippen LogP contribution >= 0.6 is 11.8 Å². The quantitative estimate of drug-likeness (QED) is 0.503. The molecule has 2 atom stereocenters. The molecule has 2 aliphatic rings. The van der Waals surface area contributed by atoms with Gasteiger partial charge >= 0.3 is 6.03 Å². The Morgan fingerprint density at radius 2 is 2.36 bits per heavy atom. The van der Waals surface area contributed by atoms with Crippen LogP contribution in [-0.4, -0.2) is 29.0 Å². The first kappa shape index (κ1) is 9.54. The molecule has 0 saturated carbocycles. The maximum atomic E-state index is 11.1. The summed E-state index contributed by atoms with van der Waals surface area (Å²) in [5.74, 6) is 0.104. The first-order valence-corrected chi connectivity index (χ1v) is 5.14. The summed E-state index contributed by atoms with van der Waals surface area (Å²) in [6.07, 6.45) is 0. The van der Waals surface area contributed by atoms with Gasteiger partial charge in [0.2, 0.25) is 0 Å². The summed E-state index contributed by atoms with van der Waals surface area (Å²) >= 11 is 1.43. The summed E-state index contributed by atoms with van der Waals surface area (Å²) in [4.78, 5) is 11.9. The van der Waals surface area contributed by atoms with E-state index in [0.29, 0.717) is 0 Å². The fraction of sp³-hybridized carbons (Fsp3) is 0.500. The van der Waals surface area contributed by atoms with Gasteiger partial charge in [0, 0.05) is 4.91 Å². The van der Waals surface area contributed by atoms with Crippen molar-refractivity contribution in [1.82, 2.24) is 10.6 Å². The minimum Gasteiger partial charge on any atom is -0.391 e. The molecule has 2 unspecified atom stereocenters. The van der Waals surface area contributed by atoms with E-state index < -0.39 is 0 Å². The molecule has 2 rings (SSSR count). The van der Waals surface area contributed by atoms with Crippen LogP contribution in [0.15, 0.2) is 10.5 Å². The van der Waals surface area contributed by atoms with Gasteiger partial charge in [0.15, 0.2) is 0 Å². The molecule has 0 aromatic carbocycles. The van der Waals surface area contributed by atoms with E-state index in [9.17, 15) is 4.79 Å². The Balaban J connectivity index is 2.27. The highest BCUT2D eigenvalue weighted by molar-refractivity contribution is 8.04. The van der Waals surface area contributed by atoms with Crippen LogP contribution < -0.4 is 10.6 Å². The molecule has 2 amide bonds. The predicted molar refractivity (Wildman–Crippen MR) is 54.0 cm³/mol. The number of hydrogen-bond donors (Lipinski definition) is 4. The fourth-order valence-electron chi connectivity index (χ4n) is 1.72. The molecular formula is C8H11N3O2S. The molecule has 0 spiro atoms. The zero-order valence-electron chi connectivity index (χ0n) is 7.63. The monoisotopic (exact) mass is 213 g/mol. The summed E-state index contributed by atoms with van der Waals surface area (Å²) < 4.78 is 0. The van der Waals surface area contributed by atoms with Crippen LogP contribution in [-0.2, 0) is 0 Å². The van der Waals surface area contributed by atoms with Crippen LogP contribution in [0.5, 0.6) is 0 Å². The van der Waals surface area contributed by atoms with Crippen molar-refractivity contribution >= 4 is 23.6 Å². The van der Waals surface area contributed by atoms with Gasteiger partial charge in [0.05, 0.1) is 17.9 Å². The van der Waals surface area contributed by atoms with E-state index in [4.69, 9.17) is 10.5 Å². The molecule has 0 aromatic rings. The molecular weight excluding hydrogens is 202 g/mol. The number of amidine groups is 1. The summed E-state index contributed by atoms with van der Waals surface area (Å²) in [5, 5.41) is 21.7. The third-order valence-corrected chi connectivity index (χ3v) is 3.83. The number of aliphatic hydroxyl groups is 1. The number of nitrogens with one attached hydrogen (secondary N) is 3. The van der Waals surface area contributed by atoms with Crippen molar-refractivity contribution in [3.8, 4) is 0 Å². The van der Waals surface area contributed by atoms with E-state index in [1.807, 2.05) is 6.92 Å². The maximum Gasteiger partial charge on any atom is 0.321 e. The topological polar surface area (TPSA) is 85.2 Å². The number of rotatable bonds is 1. The Morgan fingerprint density at radius 1 is 1.64 bits per heavy atom. The van der Waals surface area contributed by atoms with Crippen LogP contribution in [0.2, 0.25) is 0 Å². The molecule has 0 bridgehead atoms. The van der Waals surface area contributed by atoms with Crippen LogP contribution in [0.3, 0.4) is 0 Å². The van der Waals surface area contributed by atoms with Gasteiger partial charge in [0.25, 0.3) is 0 Å². The van der Waals surface area contributed by atoms with Crippen molar-refractivity contribution in [1.29, 1.82) is 5.41 Å². The number of hydrogen-bond acceptors (Lipinski definition) is 4. The van der Waals surface area contributed by atoms with E-state index in [1.165, 1.54) is 11.8 Å². The third-order valence-electron chi connectivity index (χ3n) is 2.45. The fourth-order valence-corrected chi connectivity index (χ4v) is 3.06. The lowest BCUT2D eigenvalue weighted by molar-refractivity contribution is 0.240. The van der Waals surface area contributed by atoms with E-state index in [0.717, 1.165) is 10.5 Å². The van der Waals surface area contributed by atoms with Gasteiger partial charge in [-0.05, 0) is 12.5 Å². The Hall–Kier alpha value is -1.01. The third kappa shape index (κ3) is 1.31. The van der Waals surface area contributed by atoms with Crippen LogP contribution in [0.25, 0.3) is 0 Å². The molecule has 1 saturated heterocycles. The Morgan fingerprint density at radius 3 is 3.00 bits per heavy atom. The lowest BCUT2D eigenvalue weighted by Gasteiger charge is -2.28. The molecule has 2 aliphatic heterocycles. The van der Waals surface area contributed by atoms with E-state index in [2.05, 4.69) is 10.6 Å². The lowest BCUT2D eigenvalue weighted by atomic mass is 9.97. The van der Waals surface area contributed by atoms with Gasteiger partial charge in [-0.3, -0.25) is 10.7 Å². The Kier molecular flexibility index (Phi) is 2.24. The number of thioether (sulfide) groups is 1. The number of urea groups is 1. The number of carbonyl (C=O) groups excluding carboxylic acids is 1. The van der Waals surface area contributed by atoms with Gasteiger partial charge in [-0.2, -0.15) is 0 Å². The van der Waals surface area contributed by atoms with Gasteiger partial charge in [-0.1, -0.05) is 0 Å². The molecule has 14 heavy (non-hydrogen) atoms. The van der Waals surface area contributed by atoms with Gasteiger partial charge in [-0.15, -0.1) is 11.8 Å². The standard InChI is InChI=1S/C8H11N3O2S/c1-3-4(2-12)14-7-5(3)6(9)10-8(13)11-7/h5,7,12H,2H2,1H3,(H3,9,10,11,13). The second-order valence-corrected chi connectivity index (χ2v) is 4.53. The summed E-state index contributed by atoms with van der Waals surface area (Å²) in [6, 6.07) is -0.337. The van der Waals surface area contributed by atoms with E-state index in [1.54, 1.807) is 0 Å². The van der Waals surface area contributed by atoms with Crippen molar-refractivity contribution in [2.75, 3.05) is 6.61 Å².